The number of carbonyl (C=O) groups excluding carboxylic acids is 1. The van der Waals surface area contributed by atoms with Crippen LogP contribution >= 0.6 is 0 Å². The maximum atomic E-state index is 11.2. The van der Waals surface area contributed by atoms with Gasteiger partial charge in [0.05, 0.1) is 13.2 Å². The molecule has 0 spiro atoms. The van der Waals surface area contributed by atoms with Gasteiger partial charge in [-0.3, -0.25) is 4.79 Å². The van der Waals surface area contributed by atoms with Gasteiger partial charge in [0.15, 0.2) is 0 Å². The Bertz CT molecular complexity index is 199. The first kappa shape index (κ1) is 12.9. The van der Waals surface area contributed by atoms with Crippen LogP contribution in [0, 0.1) is 12.3 Å². The molecule has 0 aliphatic carbocycles. The third-order valence-corrected chi connectivity index (χ3v) is 1.63. The topological polar surface area (TPSA) is 50.4 Å². The monoisotopic (exact) mass is 198 g/mol. The third-order valence-electron chi connectivity index (χ3n) is 1.63. The first-order valence-corrected chi connectivity index (χ1v) is 4.75. The Morgan fingerprint density at radius 2 is 2.36 bits per heavy atom. The summed E-state index contributed by atoms with van der Waals surface area (Å²) in [7, 11) is 0. The summed E-state index contributed by atoms with van der Waals surface area (Å²) in [5, 5.41) is 5.65. The average Bonchev–Trinajstić information content (AvgIpc) is 2.20. The smallest absolute Gasteiger partial charge is 0.249 e. The summed E-state index contributed by atoms with van der Waals surface area (Å²) >= 11 is 0. The van der Waals surface area contributed by atoms with Crippen molar-refractivity contribution in [3.05, 3.63) is 0 Å². The van der Waals surface area contributed by atoms with Crippen LogP contribution in [0.2, 0.25) is 0 Å². The van der Waals surface area contributed by atoms with Crippen molar-refractivity contribution in [2.24, 2.45) is 0 Å². The van der Waals surface area contributed by atoms with Crippen LogP contribution < -0.4 is 10.6 Å². The molecule has 14 heavy (non-hydrogen) atoms. The minimum absolute atomic E-state index is 0.167. The van der Waals surface area contributed by atoms with E-state index in [0.29, 0.717) is 6.61 Å². The van der Waals surface area contributed by atoms with Gasteiger partial charge in [0.2, 0.25) is 5.91 Å². The number of carbonyl (C=O) groups is 1. The second-order valence-corrected chi connectivity index (χ2v) is 2.79. The van der Waals surface area contributed by atoms with E-state index in [1.54, 1.807) is 6.92 Å². The van der Waals surface area contributed by atoms with E-state index in [1.165, 1.54) is 0 Å². The highest BCUT2D eigenvalue weighted by molar-refractivity contribution is 5.80. The minimum atomic E-state index is -0.443. The number of hydrogen-bond donors (Lipinski definition) is 2. The lowest BCUT2D eigenvalue weighted by Crippen LogP contribution is -2.36. The lowest BCUT2D eigenvalue weighted by atomic mass is 10.4. The number of rotatable bonds is 7. The predicted octanol–water partition coefficient (Wildman–Crippen LogP) is -0.250. The van der Waals surface area contributed by atoms with Gasteiger partial charge < -0.3 is 15.4 Å². The molecule has 1 atom stereocenters. The van der Waals surface area contributed by atoms with E-state index in [-0.39, 0.29) is 12.5 Å². The van der Waals surface area contributed by atoms with Gasteiger partial charge in [0, 0.05) is 6.54 Å². The summed E-state index contributed by atoms with van der Waals surface area (Å²) < 4.78 is 5.26. The Labute approximate surface area is 85.4 Å². The first-order chi connectivity index (χ1) is 6.72. The van der Waals surface area contributed by atoms with Gasteiger partial charge in [-0.1, -0.05) is 12.8 Å². The van der Waals surface area contributed by atoms with E-state index in [2.05, 4.69) is 16.6 Å². The molecule has 0 saturated heterocycles. The molecule has 0 saturated carbocycles. The Hall–Kier alpha value is -1.05. The largest absolute Gasteiger partial charge is 0.367 e. The van der Waals surface area contributed by atoms with Crippen molar-refractivity contribution in [2.75, 3.05) is 26.2 Å². The normalized spacial score (nSPS) is 11.8. The molecule has 0 aromatic carbocycles. The number of nitrogens with one attached hydrogen (secondary N) is 2. The molecule has 0 aromatic heterocycles. The third kappa shape index (κ3) is 6.46. The van der Waals surface area contributed by atoms with Crippen molar-refractivity contribution in [1.82, 2.24) is 10.6 Å². The molecule has 4 heteroatoms. The first-order valence-electron chi connectivity index (χ1n) is 4.75. The number of hydrogen-bond acceptors (Lipinski definition) is 3. The summed E-state index contributed by atoms with van der Waals surface area (Å²) in [5.74, 6) is 2.16. The number of ether oxygens (including phenoxy) is 1. The zero-order valence-corrected chi connectivity index (χ0v) is 8.80. The second-order valence-electron chi connectivity index (χ2n) is 2.79. The van der Waals surface area contributed by atoms with Crippen molar-refractivity contribution in [3.8, 4) is 12.3 Å². The molecular formula is C10H18N2O2. The molecule has 0 aromatic rings. The van der Waals surface area contributed by atoms with E-state index >= 15 is 0 Å². The van der Waals surface area contributed by atoms with E-state index in [9.17, 15) is 4.79 Å². The van der Waals surface area contributed by atoms with Gasteiger partial charge in [-0.15, -0.1) is 6.42 Å². The van der Waals surface area contributed by atoms with Gasteiger partial charge >= 0.3 is 0 Å². The molecule has 1 amide bonds. The van der Waals surface area contributed by atoms with E-state index in [4.69, 9.17) is 11.2 Å². The van der Waals surface area contributed by atoms with Crippen LogP contribution in [0.5, 0.6) is 0 Å². The molecule has 0 aliphatic heterocycles. The van der Waals surface area contributed by atoms with Crippen molar-refractivity contribution in [3.63, 3.8) is 0 Å². The molecule has 1 unspecified atom stereocenters. The SMILES string of the molecule is C#CCNC(=O)C(C)OCCNCC. The molecule has 0 heterocycles. The molecule has 2 N–H and O–H groups in total. The Balaban J connectivity index is 3.47. The summed E-state index contributed by atoms with van der Waals surface area (Å²) in [6.45, 7) is 6.16. The molecule has 0 radical (unpaired) electrons. The highest BCUT2D eigenvalue weighted by Gasteiger charge is 2.11. The fourth-order valence-electron chi connectivity index (χ4n) is 0.842. The quantitative estimate of drug-likeness (QED) is 0.438. The molecule has 4 nitrogen and oxygen atoms in total. The van der Waals surface area contributed by atoms with Crippen molar-refractivity contribution < 1.29 is 9.53 Å². The van der Waals surface area contributed by atoms with Crippen LogP contribution in [0.4, 0.5) is 0 Å². The Morgan fingerprint density at radius 1 is 1.64 bits per heavy atom. The van der Waals surface area contributed by atoms with Gasteiger partial charge in [-0.25, -0.2) is 0 Å². The van der Waals surface area contributed by atoms with Crippen LogP contribution in [0.1, 0.15) is 13.8 Å². The molecular weight excluding hydrogens is 180 g/mol. The zero-order valence-electron chi connectivity index (χ0n) is 8.80. The summed E-state index contributed by atoms with van der Waals surface area (Å²) in [6.07, 6.45) is 4.56. The minimum Gasteiger partial charge on any atom is -0.367 e. The maximum absolute atomic E-state index is 11.2. The molecule has 0 rings (SSSR count). The lowest BCUT2D eigenvalue weighted by molar-refractivity contribution is -0.131. The standard InChI is InChI=1S/C10H18N2O2/c1-4-6-12-10(13)9(3)14-8-7-11-5-2/h1,9,11H,5-8H2,2-3H3,(H,12,13). The van der Waals surface area contributed by atoms with Crippen molar-refractivity contribution in [1.29, 1.82) is 0 Å². The summed E-state index contributed by atoms with van der Waals surface area (Å²) in [5.41, 5.74) is 0. The Kier molecular flexibility index (Phi) is 7.90. The molecule has 80 valence electrons. The van der Waals surface area contributed by atoms with Gasteiger partial charge in [-0.2, -0.15) is 0 Å². The fourth-order valence-corrected chi connectivity index (χ4v) is 0.842. The van der Waals surface area contributed by atoms with Gasteiger partial charge in [0.25, 0.3) is 0 Å². The zero-order chi connectivity index (χ0) is 10.8. The highest BCUT2D eigenvalue weighted by Crippen LogP contribution is 1.89. The van der Waals surface area contributed by atoms with Gasteiger partial charge in [-0.05, 0) is 13.5 Å². The predicted molar refractivity (Wildman–Crippen MR) is 55.8 cm³/mol. The number of likely N-dealkylation sites (N-methyl/N-ethyl adjacent to an activating group) is 1. The van der Waals surface area contributed by atoms with Crippen LogP contribution in [-0.4, -0.2) is 38.3 Å². The number of terminal acetylenes is 1. The second kappa shape index (κ2) is 8.54. The van der Waals surface area contributed by atoms with Crippen LogP contribution in [0.15, 0.2) is 0 Å². The highest BCUT2D eigenvalue weighted by atomic mass is 16.5. The van der Waals surface area contributed by atoms with E-state index in [1.807, 2.05) is 6.92 Å². The van der Waals surface area contributed by atoms with E-state index < -0.39 is 6.10 Å². The summed E-state index contributed by atoms with van der Waals surface area (Å²) in [4.78, 5) is 11.2. The maximum Gasteiger partial charge on any atom is 0.249 e. The Morgan fingerprint density at radius 3 is 2.93 bits per heavy atom. The van der Waals surface area contributed by atoms with Crippen LogP contribution in [0.25, 0.3) is 0 Å². The average molecular weight is 198 g/mol. The fraction of sp³-hybridized carbons (Fsp3) is 0.700. The lowest BCUT2D eigenvalue weighted by Gasteiger charge is -2.12. The molecule has 0 aliphatic rings. The molecule has 0 fully saturated rings. The van der Waals surface area contributed by atoms with Gasteiger partial charge in [0.1, 0.15) is 6.10 Å². The van der Waals surface area contributed by atoms with Crippen molar-refractivity contribution >= 4 is 5.91 Å². The van der Waals surface area contributed by atoms with Crippen molar-refractivity contribution in [2.45, 2.75) is 20.0 Å². The molecule has 0 bridgehead atoms. The number of amides is 1. The summed E-state index contributed by atoms with van der Waals surface area (Å²) in [6, 6.07) is 0. The van der Waals surface area contributed by atoms with Crippen LogP contribution in [-0.2, 0) is 9.53 Å². The van der Waals surface area contributed by atoms with E-state index in [0.717, 1.165) is 13.1 Å². The van der Waals surface area contributed by atoms with Crippen LogP contribution in [0.3, 0.4) is 0 Å².